The summed E-state index contributed by atoms with van der Waals surface area (Å²) in [6.45, 7) is 0.833. The molecule has 1 aliphatic heterocycles. The first-order chi connectivity index (χ1) is 5.90. The van der Waals surface area contributed by atoms with E-state index in [1.54, 1.807) is 0 Å². The summed E-state index contributed by atoms with van der Waals surface area (Å²) in [5.74, 6) is 1.74. The number of rotatable bonds is 2. The third-order valence-corrected chi connectivity index (χ3v) is 2.33. The van der Waals surface area contributed by atoms with Crippen molar-refractivity contribution in [2.24, 2.45) is 0 Å². The Morgan fingerprint density at radius 2 is 2.33 bits per heavy atom. The Morgan fingerprint density at radius 3 is 3.17 bits per heavy atom. The van der Waals surface area contributed by atoms with Crippen LogP contribution >= 0.6 is 11.6 Å². The lowest BCUT2D eigenvalue weighted by molar-refractivity contribution is 0.357. The van der Waals surface area contributed by atoms with Gasteiger partial charge in [-0.05, 0) is 23.6 Å². The number of hydrogen-bond acceptors (Lipinski definition) is 1. The molecule has 1 aromatic carbocycles. The highest BCUT2D eigenvalue weighted by molar-refractivity contribution is 6.17. The number of benzene rings is 1. The summed E-state index contributed by atoms with van der Waals surface area (Å²) >= 11 is 5.66. The first kappa shape index (κ1) is 7.93. The monoisotopic (exact) mass is 182 g/mol. The number of halogens is 1. The van der Waals surface area contributed by atoms with Crippen LogP contribution in [-0.4, -0.2) is 12.5 Å². The van der Waals surface area contributed by atoms with Crippen molar-refractivity contribution in [3.63, 3.8) is 0 Å². The third kappa shape index (κ3) is 1.42. The molecule has 1 nitrogen and oxygen atoms in total. The maximum Gasteiger partial charge on any atom is 0.122 e. The molecule has 0 fully saturated rings. The predicted octanol–water partition coefficient (Wildman–Crippen LogP) is 2.40. The van der Waals surface area contributed by atoms with Gasteiger partial charge >= 0.3 is 0 Å². The molecule has 0 atom stereocenters. The first-order valence-electron chi connectivity index (χ1n) is 4.21. The number of aryl methyl sites for hydroxylation is 1. The molecule has 0 bridgehead atoms. The Hall–Kier alpha value is -0.690. The average Bonchev–Trinajstić information content (AvgIpc) is 2.51. The topological polar surface area (TPSA) is 9.23 Å². The van der Waals surface area contributed by atoms with E-state index < -0.39 is 0 Å². The van der Waals surface area contributed by atoms with Crippen LogP contribution in [0.4, 0.5) is 0 Å². The van der Waals surface area contributed by atoms with Crippen molar-refractivity contribution >= 4 is 11.6 Å². The van der Waals surface area contributed by atoms with Crippen molar-refractivity contribution < 1.29 is 4.74 Å². The second-order valence-electron chi connectivity index (χ2n) is 2.98. The van der Waals surface area contributed by atoms with Crippen LogP contribution in [-0.2, 0) is 12.8 Å². The van der Waals surface area contributed by atoms with Crippen molar-refractivity contribution in [1.29, 1.82) is 0 Å². The lowest BCUT2D eigenvalue weighted by Gasteiger charge is -2.01. The van der Waals surface area contributed by atoms with E-state index in [0.29, 0.717) is 5.88 Å². The molecule has 0 N–H and O–H groups in total. The fourth-order valence-corrected chi connectivity index (χ4v) is 1.72. The molecule has 1 heterocycles. The maximum atomic E-state index is 5.66. The van der Waals surface area contributed by atoms with Crippen LogP contribution in [0.5, 0.6) is 5.75 Å². The Bertz CT molecular complexity index is 283. The normalized spacial score (nSPS) is 14.1. The van der Waals surface area contributed by atoms with E-state index in [2.05, 4.69) is 12.1 Å². The average molecular weight is 183 g/mol. The van der Waals surface area contributed by atoms with Crippen LogP contribution in [0.15, 0.2) is 18.2 Å². The van der Waals surface area contributed by atoms with Crippen LogP contribution in [0.2, 0.25) is 0 Å². The minimum atomic E-state index is 0.694. The molecule has 0 radical (unpaired) electrons. The third-order valence-electron chi connectivity index (χ3n) is 2.14. The van der Waals surface area contributed by atoms with Gasteiger partial charge in [-0.15, -0.1) is 11.6 Å². The molecule has 12 heavy (non-hydrogen) atoms. The van der Waals surface area contributed by atoms with Gasteiger partial charge in [0.25, 0.3) is 0 Å². The van der Waals surface area contributed by atoms with E-state index in [1.807, 2.05) is 6.07 Å². The number of fused-ring (bicyclic) bond motifs is 1. The van der Waals surface area contributed by atoms with E-state index in [4.69, 9.17) is 16.3 Å². The molecule has 0 aliphatic carbocycles. The molecule has 64 valence electrons. The molecule has 0 saturated carbocycles. The molecule has 2 heteroatoms. The van der Waals surface area contributed by atoms with Gasteiger partial charge in [0.2, 0.25) is 0 Å². The summed E-state index contributed by atoms with van der Waals surface area (Å²) in [6, 6.07) is 6.33. The molecule has 0 amide bonds. The Labute approximate surface area is 77.3 Å². The molecular weight excluding hydrogens is 172 g/mol. The molecule has 1 aliphatic rings. The van der Waals surface area contributed by atoms with Gasteiger partial charge < -0.3 is 4.74 Å². The fraction of sp³-hybridized carbons (Fsp3) is 0.400. The van der Waals surface area contributed by atoms with E-state index in [0.717, 1.165) is 25.2 Å². The molecular formula is C10H11ClO. The minimum absolute atomic E-state index is 0.694. The van der Waals surface area contributed by atoms with Gasteiger partial charge in [0.05, 0.1) is 6.61 Å². The van der Waals surface area contributed by atoms with Crippen molar-refractivity contribution in [2.75, 3.05) is 12.5 Å². The highest BCUT2D eigenvalue weighted by Gasteiger charge is 2.11. The zero-order chi connectivity index (χ0) is 8.39. The predicted molar refractivity (Wildman–Crippen MR) is 50.1 cm³/mol. The van der Waals surface area contributed by atoms with Crippen molar-refractivity contribution in [3.8, 4) is 5.75 Å². The lowest BCUT2D eigenvalue weighted by Crippen LogP contribution is -1.87. The minimum Gasteiger partial charge on any atom is -0.493 e. The molecule has 0 unspecified atom stereocenters. The zero-order valence-corrected chi connectivity index (χ0v) is 7.60. The Kier molecular flexibility index (Phi) is 2.22. The summed E-state index contributed by atoms with van der Waals surface area (Å²) < 4.78 is 5.40. The van der Waals surface area contributed by atoms with Gasteiger partial charge in [0.15, 0.2) is 0 Å². The second-order valence-corrected chi connectivity index (χ2v) is 3.36. The Balaban J connectivity index is 2.26. The summed E-state index contributed by atoms with van der Waals surface area (Å²) in [4.78, 5) is 0. The highest BCUT2D eigenvalue weighted by atomic mass is 35.5. The standard InChI is InChI=1S/C10H11ClO/c11-5-3-8-1-2-10-9(7-8)4-6-12-10/h1-2,7H,3-6H2. The Morgan fingerprint density at radius 1 is 1.42 bits per heavy atom. The van der Waals surface area contributed by atoms with Crippen LogP contribution in [0.25, 0.3) is 0 Å². The molecule has 2 rings (SSSR count). The van der Waals surface area contributed by atoms with Crippen molar-refractivity contribution in [2.45, 2.75) is 12.8 Å². The molecule has 0 saturated heterocycles. The number of alkyl halides is 1. The first-order valence-corrected chi connectivity index (χ1v) is 4.74. The van der Waals surface area contributed by atoms with Crippen LogP contribution in [0, 0.1) is 0 Å². The summed E-state index contributed by atoms with van der Waals surface area (Å²) in [5.41, 5.74) is 2.65. The second kappa shape index (κ2) is 3.36. The quantitative estimate of drug-likeness (QED) is 0.639. The fourth-order valence-electron chi connectivity index (χ4n) is 1.50. The largest absolute Gasteiger partial charge is 0.493 e. The van der Waals surface area contributed by atoms with Crippen LogP contribution < -0.4 is 4.74 Å². The summed E-state index contributed by atoms with van der Waals surface area (Å²) in [7, 11) is 0. The van der Waals surface area contributed by atoms with Crippen LogP contribution in [0.1, 0.15) is 11.1 Å². The van der Waals surface area contributed by atoms with Crippen molar-refractivity contribution in [1.82, 2.24) is 0 Å². The maximum absolute atomic E-state index is 5.66. The van der Waals surface area contributed by atoms with Gasteiger partial charge in [-0.2, -0.15) is 0 Å². The summed E-state index contributed by atoms with van der Waals surface area (Å²) in [5, 5.41) is 0. The molecule has 0 aromatic heterocycles. The smallest absolute Gasteiger partial charge is 0.122 e. The van der Waals surface area contributed by atoms with E-state index in [-0.39, 0.29) is 0 Å². The van der Waals surface area contributed by atoms with E-state index >= 15 is 0 Å². The number of ether oxygens (including phenoxy) is 1. The van der Waals surface area contributed by atoms with Crippen LogP contribution in [0.3, 0.4) is 0 Å². The zero-order valence-electron chi connectivity index (χ0n) is 6.85. The van der Waals surface area contributed by atoms with E-state index in [1.165, 1.54) is 11.1 Å². The van der Waals surface area contributed by atoms with Gasteiger partial charge in [0, 0.05) is 12.3 Å². The highest BCUT2D eigenvalue weighted by Crippen LogP contribution is 2.25. The summed E-state index contributed by atoms with van der Waals surface area (Å²) in [6.07, 6.45) is 2.00. The van der Waals surface area contributed by atoms with E-state index in [9.17, 15) is 0 Å². The molecule has 0 spiro atoms. The van der Waals surface area contributed by atoms with Crippen molar-refractivity contribution in [3.05, 3.63) is 29.3 Å². The van der Waals surface area contributed by atoms with Gasteiger partial charge in [-0.25, -0.2) is 0 Å². The number of hydrogen-bond donors (Lipinski definition) is 0. The van der Waals surface area contributed by atoms with Gasteiger partial charge in [-0.3, -0.25) is 0 Å². The SMILES string of the molecule is ClCCc1ccc2c(c1)CCO2. The lowest BCUT2D eigenvalue weighted by atomic mass is 10.1. The molecule has 1 aromatic rings. The van der Waals surface area contributed by atoms with Gasteiger partial charge in [0.1, 0.15) is 5.75 Å². The van der Waals surface area contributed by atoms with Gasteiger partial charge in [-0.1, -0.05) is 12.1 Å².